The van der Waals surface area contributed by atoms with Crippen LogP contribution in [0.3, 0.4) is 0 Å². The van der Waals surface area contributed by atoms with Crippen molar-refractivity contribution in [2.24, 2.45) is 5.92 Å². The van der Waals surface area contributed by atoms with Crippen molar-refractivity contribution in [2.45, 2.75) is 32.1 Å². The maximum atomic E-state index is 5.84. The van der Waals surface area contributed by atoms with Crippen LogP contribution in [0.2, 0.25) is 5.02 Å². The van der Waals surface area contributed by atoms with E-state index in [2.05, 4.69) is 24.3 Å². The molecule has 80 valence electrons. The molecule has 0 aromatic heterocycles. The minimum absolute atomic E-state index is 0.800. The van der Waals surface area contributed by atoms with Crippen molar-refractivity contribution in [3.63, 3.8) is 0 Å². The highest BCUT2D eigenvalue weighted by Gasteiger charge is 2.09. The molecule has 0 spiro atoms. The average Bonchev–Trinajstić information content (AvgIpc) is 2.30. The molecule has 1 heteroatoms. The Morgan fingerprint density at radius 3 is 2.33 bits per heavy atom. The lowest BCUT2D eigenvalue weighted by atomic mass is 9.89. The highest BCUT2D eigenvalue weighted by molar-refractivity contribution is 6.30. The molecule has 2 rings (SSSR count). The van der Waals surface area contributed by atoms with Crippen LogP contribution < -0.4 is 0 Å². The fraction of sp³-hybridized carbons (Fsp3) is 0.429. The molecule has 1 fully saturated rings. The fourth-order valence-electron chi connectivity index (χ4n) is 2.15. The van der Waals surface area contributed by atoms with Gasteiger partial charge in [-0.2, -0.15) is 0 Å². The average molecular weight is 221 g/mol. The zero-order chi connectivity index (χ0) is 10.5. The molecule has 0 nitrogen and oxygen atoms in total. The molecule has 1 aromatic rings. The third-order valence-corrected chi connectivity index (χ3v) is 3.33. The summed E-state index contributed by atoms with van der Waals surface area (Å²) >= 11 is 5.84. The maximum absolute atomic E-state index is 5.84. The molecule has 0 saturated heterocycles. The number of allylic oxidation sites excluding steroid dienone is 1. The molecule has 0 amide bonds. The SMILES string of the molecule is Clc1ccc(C=CC2CCCCC2)cc1. The lowest BCUT2D eigenvalue weighted by molar-refractivity contribution is 0.420. The van der Waals surface area contributed by atoms with Gasteiger partial charge in [-0.25, -0.2) is 0 Å². The minimum Gasteiger partial charge on any atom is -0.0843 e. The molecule has 0 bridgehead atoms. The van der Waals surface area contributed by atoms with Gasteiger partial charge in [-0.15, -0.1) is 0 Å². The molecular weight excluding hydrogens is 204 g/mol. The van der Waals surface area contributed by atoms with Gasteiger partial charge in [-0.1, -0.05) is 55.1 Å². The Labute approximate surface area is 97.0 Å². The first-order valence-corrected chi connectivity index (χ1v) is 6.16. The summed E-state index contributed by atoms with van der Waals surface area (Å²) in [6.45, 7) is 0. The number of hydrogen-bond acceptors (Lipinski definition) is 0. The van der Waals surface area contributed by atoms with E-state index in [1.807, 2.05) is 12.1 Å². The Hall–Kier alpha value is -0.750. The van der Waals surface area contributed by atoms with E-state index in [4.69, 9.17) is 11.6 Å². The fourth-order valence-corrected chi connectivity index (χ4v) is 2.27. The van der Waals surface area contributed by atoms with Crippen molar-refractivity contribution in [3.05, 3.63) is 40.9 Å². The van der Waals surface area contributed by atoms with Gasteiger partial charge >= 0.3 is 0 Å². The summed E-state index contributed by atoms with van der Waals surface area (Å²) in [5.41, 5.74) is 1.25. The van der Waals surface area contributed by atoms with Crippen molar-refractivity contribution < 1.29 is 0 Å². The molecule has 1 aromatic carbocycles. The van der Waals surface area contributed by atoms with Crippen LogP contribution in [0.4, 0.5) is 0 Å². The van der Waals surface area contributed by atoms with Crippen molar-refractivity contribution in [1.29, 1.82) is 0 Å². The predicted molar refractivity (Wildman–Crippen MR) is 67.1 cm³/mol. The van der Waals surface area contributed by atoms with E-state index in [0.29, 0.717) is 0 Å². The van der Waals surface area contributed by atoms with Gasteiger partial charge in [-0.05, 0) is 36.5 Å². The van der Waals surface area contributed by atoms with E-state index in [9.17, 15) is 0 Å². The first kappa shape index (κ1) is 10.8. The molecule has 0 unspecified atom stereocenters. The topological polar surface area (TPSA) is 0 Å². The Balaban J connectivity index is 1.95. The minimum atomic E-state index is 0.800. The number of rotatable bonds is 2. The number of benzene rings is 1. The molecule has 1 aliphatic carbocycles. The smallest absolute Gasteiger partial charge is 0.0406 e. The van der Waals surface area contributed by atoms with E-state index < -0.39 is 0 Å². The van der Waals surface area contributed by atoms with Gasteiger partial charge in [0.05, 0.1) is 0 Å². The third kappa shape index (κ3) is 3.39. The molecule has 0 radical (unpaired) electrons. The van der Waals surface area contributed by atoms with Crippen molar-refractivity contribution >= 4 is 17.7 Å². The van der Waals surface area contributed by atoms with Crippen LogP contribution in [0.25, 0.3) is 6.08 Å². The van der Waals surface area contributed by atoms with Gasteiger partial charge in [0.15, 0.2) is 0 Å². The quantitative estimate of drug-likeness (QED) is 0.663. The van der Waals surface area contributed by atoms with E-state index in [-0.39, 0.29) is 0 Å². The summed E-state index contributed by atoms with van der Waals surface area (Å²) in [6.07, 6.45) is 11.5. The summed E-state index contributed by atoms with van der Waals surface area (Å²) in [7, 11) is 0. The Morgan fingerprint density at radius 1 is 1.00 bits per heavy atom. The molecule has 1 aliphatic rings. The van der Waals surface area contributed by atoms with Crippen molar-refractivity contribution in [2.75, 3.05) is 0 Å². The zero-order valence-electron chi connectivity index (χ0n) is 8.95. The van der Waals surface area contributed by atoms with Gasteiger partial charge < -0.3 is 0 Å². The summed E-state index contributed by atoms with van der Waals surface area (Å²) < 4.78 is 0. The van der Waals surface area contributed by atoms with E-state index in [1.165, 1.54) is 37.7 Å². The van der Waals surface area contributed by atoms with E-state index >= 15 is 0 Å². The number of hydrogen-bond donors (Lipinski definition) is 0. The summed E-state index contributed by atoms with van der Waals surface area (Å²) in [6, 6.07) is 8.04. The lowest BCUT2D eigenvalue weighted by Gasteiger charge is -2.17. The van der Waals surface area contributed by atoms with E-state index in [0.717, 1.165) is 10.9 Å². The molecule has 1 saturated carbocycles. The molecular formula is C14H17Cl. The first-order valence-electron chi connectivity index (χ1n) is 5.78. The van der Waals surface area contributed by atoms with Crippen LogP contribution >= 0.6 is 11.6 Å². The second-order valence-corrected chi connectivity index (χ2v) is 4.75. The standard InChI is InChI=1S/C14H17Cl/c15-14-10-8-13(9-11-14)7-6-12-4-2-1-3-5-12/h6-12H,1-5H2. The van der Waals surface area contributed by atoms with Gasteiger partial charge in [0, 0.05) is 5.02 Å². The van der Waals surface area contributed by atoms with Crippen LogP contribution in [0.1, 0.15) is 37.7 Å². The van der Waals surface area contributed by atoms with E-state index in [1.54, 1.807) is 0 Å². The lowest BCUT2D eigenvalue weighted by Crippen LogP contribution is -2.02. The van der Waals surface area contributed by atoms with Gasteiger partial charge in [-0.3, -0.25) is 0 Å². The highest BCUT2D eigenvalue weighted by Crippen LogP contribution is 2.25. The van der Waals surface area contributed by atoms with Crippen LogP contribution in [-0.2, 0) is 0 Å². The van der Waals surface area contributed by atoms with Gasteiger partial charge in [0.25, 0.3) is 0 Å². The summed E-state index contributed by atoms with van der Waals surface area (Å²) in [4.78, 5) is 0. The van der Waals surface area contributed by atoms with Gasteiger partial charge in [0.2, 0.25) is 0 Å². The van der Waals surface area contributed by atoms with Crippen molar-refractivity contribution in [3.8, 4) is 0 Å². The highest BCUT2D eigenvalue weighted by atomic mass is 35.5. The van der Waals surface area contributed by atoms with Crippen LogP contribution in [0, 0.1) is 5.92 Å². The van der Waals surface area contributed by atoms with Crippen LogP contribution in [0.15, 0.2) is 30.3 Å². The molecule has 0 atom stereocenters. The van der Waals surface area contributed by atoms with Crippen LogP contribution in [-0.4, -0.2) is 0 Å². The Kier molecular flexibility index (Phi) is 3.85. The Morgan fingerprint density at radius 2 is 1.67 bits per heavy atom. The third-order valence-electron chi connectivity index (χ3n) is 3.08. The van der Waals surface area contributed by atoms with Gasteiger partial charge in [0.1, 0.15) is 0 Å². The second-order valence-electron chi connectivity index (χ2n) is 4.31. The molecule has 15 heavy (non-hydrogen) atoms. The second kappa shape index (κ2) is 5.37. The molecule has 0 heterocycles. The summed E-state index contributed by atoms with van der Waals surface area (Å²) in [5.74, 6) is 0.800. The largest absolute Gasteiger partial charge is 0.0843 e. The normalized spacial score (nSPS) is 18.5. The molecule has 0 aliphatic heterocycles. The first-order chi connectivity index (χ1) is 7.34. The molecule has 0 N–H and O–H groups in total. The maximum Gasteiger partial charge on any atom is 0.0406 e. The predicted octanol–water partition coefficient (Wildman–Crippen LogP) is 4.93. The zero-order valence-corrected chi connectivity index (χ0v) is 9.71. The Bertz CT molecular complexity index is 318. The summed E-state index contributed by atoms with van der Waals surface area (Å²) in [5, 5.41) is 0.810. The van der Waals surface area contributed by atoms with Crippen molar-refractivity contribution in [1.82, 2.24) is 0 Å². The van der Waals surface area contributed by atoms with Crippen LogP contribution in [0.5, 0.6) is 0 Å². The number of halogens is 1. The monoisotopic (exact) mass is 220 g/mol.